The highest BCUT2D eigenvalue weighted by atomic mass is 32.2. The van der Waals surface area contributed by atoms with E-state index in [-0.39, 0.29) is 16.3 Å². The number of nitrogens with one attached hydrogen (secondary N) is 3. The molecule has 152 valence electrons. The molecule has 0 fully saturated rings. The van der Waals surface area contributed by atoms with E-state index in [9.17, 15) is 18.5 Å². The number of sulfone groups is 1. The van der Waals surface area contributed by atoms with E-state index in [0.29, 0.717) is 19.0 Å². The smallest absolute Gasteiger partial charge is 0.293 e. The number of anilines is 1. The number of guanidine groups is 1. The summed E-state index contributed by atoms with van der Waals surface area (Å²) >= 11 is 1.70. The van der Waals surface area contributed by atoms with Crippen LogP contribution in [0.3, 0.4) is 0 Å². The van der Waals surface area contributed by atoms with Crippen LogP contribution in [0.2, 0.25) is 0 Å². The zero-order valence-electron chi connectivity index (χ0n) is 15.6. The van der Waals surface area contributed by atoms with Gasteiger partial charge in [-0.05, 0) is 30.0 Å². The summed E-state index contributed by atoms with van der Waals surface area (Å²) in [7, 11) is -1.84. The van der Waals surface area contributed by atoms with Gasteiger partial charge in [-0.2, -0.15) is 0 Å². The van der Waals surface area contributed by atoms with Crippen molar-refractivity contribution in [3.8, 4) is 0 Å². The van der Waals surface area contributed by atoms with Crippen molar-refractivity contribution in [2.75, 3.05) is 38.3 Å². The van der Waals surface area contributed by atoms with E-state index >= 15 is 0 Å². The van der Waals surface area contributed by atoms with Gasteiger partial charge in [0.2, 0.25) is 0 Å². The summed E-state index contributed by atoms with van der Waals surface area (Å²) in [6, 6.07) is 7.91. The first kappa shape index (κ1) is 21.6. The number of rotatable bonds is 9. The Morgan fingerprint density at radius 3 is 2.57 bits per heavy atom. The Labute approximate surface area is 168 Å². The Morgan fingerprint density at radius 2 is 1.96 bits per heavy atom. The van der Waals surface area contributed by atoms with Crippen LogP contribution in [-0.2, 0) is 16.3 Å². The third-order valence-corrected chi connectivity index (χ3v) is 5.84. The molecule has 11 heteroatoms. The average molecular weight is 426 g/mol. The maximum absolute atomic E-state index is 11.6. The van der Waals surface area contributed by atoms with Crippen LogP contribution in [-0.4, -0.2) is 52.2 Å². The number of aliphatic imine (C=N–C) groups is 1. The lowest BCUT2D eigenvalue weighted by atomic mass is 10.2. The van der Waals surface area contributed by atoms with E-state index < -0.39 is 14.8 Å². The zero-order valence-corrected chi connectivity index (χ0v) is 17.3. The second kappa shape index (κ2) is 10.0. The van der Waals surface area contributed by atoms with Crippen LogP contribution < -0.4 is 16.0 Å². The van der Waals surface area contributed by atoms with Crippen LogP contribution in [0, 0.1) is 10.1 Å². The molecule has 0 saturated heterocycles. The van der Waals surface area contributed by atoms with Gasteiger partial charge < -0.3 is 16.0 Å². The largest absolute Gasteiger partial charge is 0.378 e. The van der Waals surface area contributed by atoms with Crippen LogP contribution >= 0.6 is 11.3 Å². The van der Waals surface area contributed by atoms with Crippen molar-refractivity contribution in [2.45, 2.75) is 11.3 Å². The molecule has 1 aromatic carbocycles. The fraction of sp³-hybridized carbons (Fsp3) is 0.353. The summed E-state index contributed by atoms with van der Waals surface area (Å²) in [4.78, 5) is 16.0. The highest BCUT2D eigenvalue weighted by Crippen LogP contribution is 2.27. The van der Waals surface area contributed by atoms with Crippen molar-refractivity contribution in [1.29, 1.82) is 0 Å². The van der Waals surface area contributed by atoms with E-state index in [4.69, 9.17) is 0 Å². The highest BCUT2D eigenvalue weighted by molar-refractivity contribution is 7.90. The molecule has 1 heterocycles. The molecule has 0 aliphatic rings. The van der Waals surface area contributed by atoms with Crippen LogP contribution in [0.5, 0.6) is 0 Å². The molecule has 0 bridgehead atoms. The highest BCUT2D eigenvalue weighted by Gasteiger charge is 2.18. The summed E-state index contributed by atoms with van der Waals surface area (Å²) in [5, 5.41) is 22.5. The predicted molar refractivity (Wildman–Crippen MR) is 112 cm³/mol. The fourth-order valence-corrected chi connectivity index (χ4v) is 3.75. The molecule has 0 unspecified atom stereocenters. The van der Waals surface area contributed by atoms with Crippen LogP contribution in [0.25, 0.3) is 0 Å². The predicted octanol–water partition coefficient (Wildman–Crippen LogP) is 1.88. The molecule has 0 atom stereocenters. The minimum Gasteiger partial charge on any atom is -0.378 e. The Hall–Kier alpha value is -2.66. The SMILES string of the molecule is CN=C(NCCNc1ccc(S(C)(=O)=O)cc1[N+](=O)[O-])NCCc1cccs1. The van der Waals surface area contributed by atoms with Crippen molar-refractivity contribution in [3.05, 3.63) is 50.7 Å². The Morgan fingerprint density at radius 1 is 1.21 bits per heavy atom. The Bertz CT molecular complexity index is 927. The number of nitrogens with zero attached hydrogens (tertiary/aromatic N) is 2. The molecule has 2 aromatic rings. The molecule has 0 spiro atoms. The van der Waals surface area contributed by atoms with Gasteiger partial charge in [0.15, 0.2) is 15.8 Å². The van der Waals surface area contributed by atoms with E-state index in [1.807, 2.05) is 11.4 Å². The van der Waals surface area contributed by atoms with Gasteiger partial charge in [-0.1, -0.05) is 6.07 Å². The van der Waals surface area contributed by atoms with Crippen LogP contribution in [0.15, 0.2) is 45.6 Å². The Kier molecular flexibility index (Phi) is 7.76. The second-order valence-corrected chi connectivity index (χ2v) is 8.94. The van der Waals surface area contributed by atoms with E-state index in [0.717, 1.165) is 25.3 Å². The van der Waals surface area contributed by atoms with Gasteiger partial charge in [0.1, 0.15) is 5.69 Å². The molecule has 1 aromatic heterocycles. The number of benzene rings is 1. The quantitative estimate of drug-likeness (QED) is 0.184. The molecule has 3 N–H and O–H groups in total. The first-order valence-electron chi connectivity index (χ1n) is 8.50. The number of nitro groups is 1. The van der Waals surface area contributed by atoms with Gasteiger partial charge in [0.25, 0.3) is 5.69 Å². The third-order valence-electron chi connectivity index (χ3n) is 3.79. The minimum atomic E-state index is -3.51. The molecular weight excluding hydrogens is 402 g/mol. The van der Waals surface area contributed by atoms with Crippen molar-refractivity contribution in [3.63, 3.8) is 0 Å². The summed E-state index contributed by atoms with van der Waals surface area (Å²) in [6.07, 6.45) is 1.91. The molecule has 9 nitrogen and oxygen atoms in total. The van der Waals surface area contributed by atoms with E-state index in [1.165, 1.54) is 17.0 Å². The molecule has 28 heavy (non-hydrogen) atoms. The molecule has 0 radical (unpaired) electrons. The van der Waals surface area contributed by atoms with Crippen molar-refractivity contribution in [2.24, 2.45) is 4.99 Å². The topological polar surface area (TPSA) is 126 Å². The maximum Gasteiger partial charge on any atom is 0.293 e. The third kappa shape index (κ3) is 6.50. The summed E-state index contributed by atoms with van der Waals surface area (Å²) in [5.41, 5.74) is -0.0128. The summed E-state index contributed by atoms with van der Waals surface area (Å²) in [5.74, 6) is 0.639. The molecule has 2 rings (SSSR count). The minimum absolute atomic E-state index is 0.0850. The van der Waals surface area contributed by atoms with Crippen molar-refractivity contribution in [1.82, 2.24) is 10.6 Å². The number of hydrogen-bond acceptors (Lipinski definition) is 7. The fourth-order valence-electron chi connectivity index (χ4n) is 2.40. The van der Waals surface area contributed by atoms with Gasteiger partial charge in [-0.15, -0.1) is 11.3 Å². The monoisotopic (exact) mass is 425 g/mol. The number of thiophene rings is 1. The molecule has 0 saturated carbocycles. The summed E-state index contributed by atoms with van der Waals surface area (Å²) < 4.78 is 23.2. The molecule has 0 aliphatic carbocycles. The normalized spacial score (nSPS) is 11.9. The lowest BCUT2D eigenvalue weighted by Crippen LogP contribution is -2.40. The Balaban J connectivity index is 1.84. The maximum atomic E-state index is 11.6. The lowest BCUT2D eigenvalue weighted by molar-refractivity contribution is -0.384. The van der Waals surface area contributed by atoms with Crippen LogP contribution in [0.1, 0.15) is 4.88 Å². The van der Waals surface area contributed by atoms with E-state index in [1.54, 1.807) is 18.4 Å². The molecule has 0 amide bonds. The van der Waals surface area contributed by atoms with Gasteiger partial charge in [0, 0.05) is 43.9 Å². The van der Waals surface area contributed by atoms with Crippen molar-refractivity contribution >= 4 is 38.5 Å². The van der Waals surface area contributed by atoms with Gasteiger partial charge in [-0.25, -0.2) is 8.42 Å². The van der Waals surface area contributed by atoms with Gasteiger partial charge in [-0.3, -0.25) is 15.1 Å². The molecule has 0 aliphatic heterocycles. The van der Waals surface area contributed by atoms with Gasteiger partial charge >= 0.3 is 0 Å². The van der Waals surface area contributed by atoms with Crippen LogP contribution in [0.4, 0.5) is 11.4 Å². The van der Waals surface area contributed by atoms with Crippen molar-refractivity contribution < 1.29 is 13.3 Å². The summed E-state index contributed by atoms with van der Waals surface area (Å²) in [6.45, 7) is 1.61. The lowest BCUT2D eigenvalue weighted by Gasteiger charge is -2.13. The van der Waals surface area contributed by atoms with Gasteiger partial charge in [0.05, 0.1) is 9.82 Å². The molecular formula is C17H23N5O4S2. The zero-order chi connectivity index (χ0) is 20.6. The standard InChI is InChI=1S/C17H23N5O4S2/c1-18-17(20-8-7-13-4-3-11-27-13)21-10-9-19-15-6-5-14(28(2,25)26)12-16(15)22(23)24/h3-6,11-12,19H,7-10H2,1-2H3,(H2,18,20,21). The average Bonchev–Trinajstić information content (AvgIpc) is 3.16. The van der Waals surface area contributed by atoms with E-state index in [2.05, 4.69) is 27.0 Å². The first-order valence-corrected chi connectivity index (χ1v) is 11.3. The number of hydrogen-bond donors (Lipinski definition) is 3. The number of nitro benzene ring substituents is 1. The second-order valence-electron chi connectivity index (χ2n) is 5.89. The first-order chi connectivity index (χ1) is 13.3.